The average molecular weight is 260 g/mol. The molecule has 0 bridgehead atoms. The van der Waals surface area contributed by atoms with Crippen molar-refractivity contribution in [1.82, 2.24) is 19.4 Å². The van der Waals surface area contributed by atoms with Crippen LogP contribution in [0.15, 0.2) is 24.8 Å². The van der Waals surface area contributed by atoms with E-state index in [1.807, 2.05) is 6.92 Å². The van der Waals surface area contributed by atoms with Gasteiger partial charge in [0.05, 0.1) is 5.69 Å². The molecular weight excluding hydrogens is 252 g/mol. The smallest absolute Gasteiger partial charge is 0.347 e. The topological polar surface area (TPSA) is 80.4 Å². The van der Waals surface area contributed by atoms with Crippen molar-refractivity contribution in [3.8, 4) is 11.4 Å². The first-order chi connectivity index (χ1) is 8.65. The van der Waals surface area contributed by atoms with Gasteiger partial charge in [0.25, 0.3) is 0 Å². The second-order valence-corrected chi connectivity index (χ2v) is 4.72. The molecule has 0 atom stereocenters. The van der Waals surface area contributed by atoms with Gasteiger partial charge in [-0.25, -0.2) is 9.78 Å². The van der Waals surface area contributed by atoms with Gasteiger partial charge < -0.3 is 5.11 Å². The Bertz CT molecular complexity index is 715. The summed E-state index contributed by atoms with van der Waals surface area (Å²) in [6.07, 6.45) is 6.54. The zero-order valence-corrected chi connectivity index (χ0v) is 10.2. The first kappa shape index (κ1) is 10.8. The molecule has 0 radical (unpaired) electrons. The zero-order valence-electron chi connectivity index (χ0n) is 9.36. The molecule has 0 spiro atoms. The number of nitrogens with zero attached hydrogens (tertiary/aromatic N) is 4. The highest BCUT2D eigenvalue weighted by Crippen LogP contribution is 2.23. The van der Waals surface area contributed by atoms with Crippen molar-refractivity contribution in [1.29, 1.82) is 0 Å². The maximum Gasteiger partial charge on any atom is 0.347 e. The lowest BCUT2D eigenvalue weighted by molar-refractivity contribution is 0.0702. The van der Waals surface area contributed by atoms with Gasteiger partial charge in [0.2, 0.25) is 0 Å². The van der Waals surface area contributed by atoms with Crippen LogP contribution in [-0.4, -0.2) is 30.4 Å². The van der Waals surface area contributed by atoms with Crippen molar-refractivity contribution in [3.63, 3.8) is 0 Å². The fraction of sp³-hybridized carbons (Fsp3) is 0.0909. The summed E-state index contributed by atoms with van der Waals surface area (Å²) in [5.41, 5.74) is 2.20. The lowest BCUT2D eigenvalue weighted by Crippen LogP contribution is -1.92. The van der Waals surface area contributed by atoms with Gasteiger partial charge in [-0.15, -0.1) is 0 Å². The number of thiazole rings is 1. The molecule has 3 aromatic rings. The van der Waals surface area contributed by atoms with E-state index in [1.54, 1.807) is 29.2 Å². The molecule has 0 aromatic carbocycles. The van der Waals surface area contributed by atoms with Crippen LogP contribution in [-0.2, 0) is 0 Å². The Morgan fingerprint density at radius 1 is 1.33 bits per heavy atom. The molecule has 0 aliphatic rings. The monoisotopic (exact) mass is 260 g/mol. The van der Waals surface area contributed by atoms with E-state index in [0.717, 1.165) is 17.0 Å². The van der Waals surface area contributed by atoms with Gasteiger partial charge in [-0.05, 0) is 6.92 Å². The minimum atomic E-state index is -0.942. The van der Waals surface area contributed by atoms with E-state index in [1.165, 1.54) is 0 Å². The van der Waals surface area contributed by atoms with Crippen molar-refractivity contribution >= 4 is 22.3 Å². The Morgan fingerprint density at radius 2 is 2.11 bits per heavy atom. The van der Waals surface area contributed by atoms with E-state index >= 15 is 0 Å². The quantitative estimate of drug-likeness (QED) is 0.760. The second kappa shape index (κ2) is 3.88. The average Bonchev–Trinajstić information content (AvgIpc) is 2.87. The Kier molecular flexibility index (Phi) is 2.34. The van der Waals surface area contributed by atoms with Crippen LogP contribution >= 0.6 is 11.3 Å². The molecule has 1 N–H and O–H groups in total. The second-order valence-electron chi connectivity index (χ2n) is 3.71. The molecule has 0 saturated heterocycles. The van der Waals surface area contributed by atoms with E-state index < -0.39 is 5.97 Å². The number of aromatic carboxylic acids is 1. The molecular formula is C11H8N4O2S. The van der Waals surface area contributed by atoms with Crippen LogP contribution < -0.4 is 0 Å². The molecule has 0 fully saturated rings. The Balaban J connectivity index is 2.12. The SMILES string of the molecule is Cc1nccnc1-c1cn2cc(C(=O)O)sc2n1. The molecule has 0 amide bonds. The number of hydrogen-bond acceptors (Lipinski definition) is 5. The highest BCUT2D eigenvalue weighted by atomic mass is 32.1. The van der Waals surface area contributed by atoms with Crippen LogP contribution in [0, 0.1) is 6.92 Å². The van der Waals surface area contributed by atoms with E-state index in [9.17, 15) is 4.79 Å². The molecule has 0 aliphatic carbocycles. The van der Waals surface area contributed by atoms with Crippen LogP contribution in [0.4, 0.5) is 0 Å². The van der Waals surface area contributed by atoms with Crippen molar-refractivity contribution in [2.75, 3.05) is 0 Å². The van der Waals surface area contributed by atoms with Gasteiger partial charge in [-0.1, -0.05) is 11.3 Å². The number of aryl methyl sites for hydroxylation is 1. The minimum absolute atomic E-state index is 0.264. The molecule has 3 heterocycles. The van der Waals surface area contributed by atoms with Gasteiger partial charge >= 0.3 is 5.97 Å². The lowest BCUT2D eigenvalue weighted by Gasteiger charge is -1.97. The number of hydrogen-bond donors (Lipinski definition) is 1. The summed E-state index contributed by atoms with van der Waals surface area (Å²) in [5.74, 6) is -0.942. The van der Waals surface area contributed by atoms with Crippen molar-refractivity contribution < 1.29 is 9.90 Å². The third kappa shape index (κ3) is 1.65. The number of carboxylic acid groups (broad SMARTS) is 1. The molecule has 0 aliphatic heterocycles. The minimum Gasteiger partial charge on any atom is -0.477 e. The van der Waals surface area contributed by atoms with E-state index in [4.69, 9.17) is 5.11 Å². The summed E-state index contributed by atoms with van der Waals surface area (Å²) in [4.78, 5) is 24.5. The van der Waals surface area contributed by atoms with Crippen molar-refractivity contribution in [2.24, 2.45) is 0 Å². The third-order valence-electron chi connectivity index (χ3n) is 2.49. The van der Waals surface area contributed by atoms with Gasteiger partial charge in [0.15, 0.2) is 4.96 Å². The maximum atomic E-state index is 10.8. The van der Waals surface area contributed by atoms with Crippen molar-refractivity contribution in [3.05, 3.63) is 35.4 Å². The Labute approximate surface area is 106 Å². The van der Waals surface area contributed by atoms with E-state index in [-0.39, 0.29) is 4.88 Å². The molecule has 6 nitrogen and oxygen atoms in total. The molecule has 3 rings (SSSR count). The Hall–Kier alpha value is -2.28. The number of fused-ring (bicyclic) bond motifs is 1. The number of rotatable bonds is 2. The predicted molar refractivity (Wildman–Crippen MR) is 65.8 cm³/mol. The van der Waals surface area contributed by atoms with Crippen LogP contribution in [0.5, 0.6) is 0 Å². The maximum absolute atomic E-state index is 10.8. The summed E-state index contributed by atoms with van der Waals surface area (Å²) in [7, 11) is 0. The summed E-state index contributed by atoms with van der Waals surface area (Å²) < 4.78 is 1.69. The number of carbonyl (C=O) groups is 1. The largest absolute Gasteiger partial charge is 0.477 e. The van der Waals surface area contributed by atoms with Gasteiger partial charge in [-0.3, -0.25) is 14.4 Å². The van der Waals surface area contributed by atoms with Gasteiger partial charge in [0, 0.05) is 24.8 Å². The van der Waals surface area contributed by atoms with Crippen LogP contribution in [0.1, 0.15) is 15.4 Å². The molecule has 18 heavy (non-hydrogen) atoms. The fourth-order valence-corrected chi connectivity index (χ4v) is 2.47. The molecule has 3 aromatic heterocycles. The summed E-state index contributed by atoms with van der Waals surface area (Å²) in [6, 6.07) is 0. The predicted octanol–water partition coefficient (Wildman–Crippen LogP) is 1.86. The summed E-state index contributed by atoms with van der Waals surface area (Å²) in [5, 5.41) is 8.88. The first-order valence-corrected chi connectivity index (χ1v) is 5.96. The highest BCUT2D eigenvalue weighted by molar-refractivity contribution is 7.18. The molecule has 7 heteroatoms. The fourth-order valence-electron chi connectivity index (χ4n) is 1.67. The van der Waals surface area contributed by atoms with Gasteiger partial charge in [0.1, 0.15) is 16.3 Å². The van der Waals surface area contributed by atoms with Crippen LogP contribution in [0.25, 0.3) is 16.3 Å². The lowest BCUT2D eigenvalue weighted by atomic mass is 10.2. The number of carboxylic acids is 1. The van der Waals surface area contributed by atoms with Gasteiger partial charge in [-0.2, -0.15) is 0 Å². The van der Waals surface area contributed by atoms with Crippen LogP contribution in [0.3, 0.4) is 0 Å². The summed E-state index contributed by atoms with van der Waals surface area (Å²) >= 11 is 1.13. The number of imidazole rings is 1. The molecule has 0 unspecified atom stereocenters. The summed E-state index contributed by atoms with van der Waals surface area (Å²) in [6.45, 7) is 1.86. The van der Waals surface area contributed by atoms with Crippen molar-refractivity contribution in [2.45, 2.75) is 6.92 Å². The standard InChI is InChI=1S/C11H8N4O2S/c1-6-9(13-3-2-12-6)7-4-15-5-8(10(16)17)18-11(15)14-7/h2-5H,1H3,(H,16,17). The zero-order chi connectivity index (χ0) is 12.7. The Morgan fingerprint density at radius 3 is 2.78 bits per heavy atom. The number of aromatic nitrogens is 4. The molecule has 0 saturated carbocycles. The normalized spacial score (nSPS) is 10.9. The third-order valence-corrected chi connectivity index (χ3v) is 3.48. The van der Waals surface area contributed by atoms with E-state index in [0.29, 0.717) is 16.3 Å². The highest BCUT2D eigenvalue weighted by Gasteiger charge is 2.13. The molecule has 90 valence electrons. The van der Waals surface area contributed by atoms with Crippen LogP contribution in [0.2, 0.25) is 0 Å². The van der Waals surface area contributed by atoms with E-state index in [2.05, 4.69) is 15.0 Å². The first-order valence-electron chi connectivity index (χ1n) is 5.15.